The average molecular weight is 369 g/mol. The highest BCUT2D eigenvalue weighted by Gasteiger charge is 2.33. The molecule has 25 heavy (non-hydrogen) atoms. The summed E-state index contributed by atoms with van der Waals surface area (Å²) in [4.78, 5) is 0. The lowest BCUT2D eigenvalue weighted by molar-refractivity contribution is -0.138. The van der Waals surface area contributed by atoms with Gasteiger partial charge in [-0.15, -0.1) is 5.10 Å². The van der Waals surface area contributed by atoms with Crippen molar-refractivity contribution in [1.29, 1.82) is 0 Å². The van der Waals surface area contributed by atoms with Gasteiger partial charge in [0.2, 0.25) is 0 Å². The Morgan fingerprint density at radius 2 is 1.88 bits per heavy atom. The van der Waals surface area contributed by atoms with Gasteiger partial charge < -0.3 is 5.73 Å². The molecule has 0 fully saturated rings. The lowest BCUT2D eigenvalue weighted by Crippen LogP contribution is -2.09. The summed E-state index contributed by atoms with van der Waals surface area (Å²) in [5.41, 5.74) is 5.56. The second kappa shape index (κ2) is 8.15. The maximum atomic E-state index is 13.8. The van der Waals surface area contributed by atoms with Crippen molar-refractivity contribution in [1.82, 2.24) is 0 Å². The number of thioether (sulfide) groups is 1. The van der Waals surface area contributed by atoms with Crippen LogP contribution in [0.3, 0.4) is 0 Å². The Kier molecular flexibility index (Phi) is 6.19. The normalized spacial score (nSPS) is 12.8. The van der Waals surface area contributed by atoms with Crippen molar-refractivity contribution in [3.63, 3.8) is 0 Å². The molecule has 2 rings (SSSR count). The van der Waals surface area contributed by atoms with Crippen molar-refractivity contribution in [3.8, 4) is 0 Å². The number of benzene rings is 2. The number of hydrogen-bond acceptors (Lipinski definition) is 3. The number of rotatable bonds is 4. The number of nitrogens with zero attached hydrogens (tertiary/aromatic N) is 2. The number of alkyl halides is 3. The molecule has 0 unspecified atom stereocenters. The molecule has 0 aliphatic heterocycles. The molecule has 0 bridgehead atoms. The van der Waals surface area contributed by atoms with Crippen molar-refractivity contribution in [3.05, 3.63) is 70.5 Å². The van der Waals surface area contributed by atoms with Gasteiger partial charge in [-0.1, -0.05) is 42.1 Å². The molecule has 8 heteroatoms. The van der Waals surface area contributed by atoms with E-state index in [1.165, 1.54) is 18.7 Å². The van der Waals surface area contributed by atoms with Gasteiger partial charge in [-0.25, -0.2) is 4.39 Å². The molecule has 3 nitrogen and oxygen atoms in total. The summed E-state index contributed by atoms with van der Waals surface area (Å²) in [7, 11) is 0. The van der Waals surface area contributed by atoms with Crippen LogP contribution in [-0.2, 0) is 11.9 Å². The van der Waals surface area contributed by atoms with Crippen LogP contribution >= 0.6 is 11.8 Å². The van der Waals surface area contributed by atoms with Gasteiger partial charge in [-0.05, 0) is 30.2 Å². The lowest BCUT2D eigenvalue weighted by Gasteiger charge is -2.11. The fourth-order valence-electron chi connectivity index (χ4n) is 2.02. The molecule has 0 radical (unpaired) electrons. The third-order valence-electron chi connectivity index (χ3n) is 3.23. The van der Waals surface area contributed by atoms with Gasteiger partial charge in [0, 0.05) is 11.3 Å². The summed E-state index contributed by atoms with van der Waals surface area (Å²) in [5, 5.41) is 7.53. The Bertz CT molecular complexity index is 786. The highest BCUT2D eigenvalue weighted by Crippen LogP contribution is 2.32. The van der Waals surface area contributed by atoms with E-state index in [9.17, 15) is 17.6 Å². The average Bonchev–Trinajstić information content (AvgIpc) is 2.55. The number of halogens is 4. The molecule has 0 atom stereocenters. The molecule has 0 saturated carbocycles. The largest absolute Gasteiger partial charge is 0.416 e. The Labute approximate surface area is 146 Å². The molecular weight excluding hydrogens is 354 g/mol. The smallest absolute Gasteiger partial charge is 0.377 e. The molecule has 2 N–H and O–H groups in total. The molecule has 0 spiro atoms. The van der Waals surface area contributed by atoms with Gasteiger partial charge in [0.1, 0.15) is 5.82 Å². The van der Waals surface area contributed by atoms with E-state index in [2.05, 4.69) is 10.2 Å². The first-order valence-corrected chi connectivity index (χ1v) is 8.16. The highest BCUT2D eigenvalue weighted by atomic mass is 32.2. The lowest BCUT2D eigenvalue weighted by atomic mass is 10.0. The minimum absolute atomic E-state index is 0.0879. The van der Waals surface area contributed by atoms with Gasteiger partial charge in [0.15, 0.2) is 5.17 Å². The van der Waals surface area contributed by atoms with E-state index in [1.54, 1.807) is 0 Å². The number of hydrogen-bond donors (Lipinski definition) is 1. The third-order valence-corrected chi connectivity index (χ3v) is 4.09. The van der Waals surface area contributed by atoms with Crippen LogP contribution in [0, 0.1) is 12.7 Å². The molecule has 2 aromatic rings. The van der Waals surface area contributed by atoms with Gasteiger partial charge in [0.05, 0.1) is 11.8 Å². The van der Waals surface area contributed by atoms with Crippen LogP contribution in [-0.4, -0.2) is 11.4 Å². The standard InChI is InChI=1S/C17H15F4N3S/c1-11-7-13(15(18)8-14(11)17(19,20)21)9-23-24-16(22)25-10-12-5-3-2-4-6-12/h2-9H,10H2,1H3,(H2,22,24). The molecule has 2 aromatic carbocycles. The number of amidine groups is 1. The molecule has 0 saturated heterocycles. The zero-order chi connectivity index (χ0) is 18.4. The van der Waals surface area contributed by atoms with Crippen molar-refractivity contribution < 1.29 is 17.6 Å². The van der Waals surface area contributed by atoms with Crippen molar-refractivity contribution in [2.45, 2.75) is 18.9 Å². The summed E-state index contributed by atoms with van der Waals surface area (Å²) in [5.74, 6) is -0.424. The zero-order valence-corrected chi connectivity index (χ0v) is 14.0. The van der Waals surface area contributed by atoms with E-state index < -0.39 is 17.6 Å². The van der Waals surface area contributed by atoms with Crippen LogP contribution in [0.4, 0.5) is 17.6 Å². The van der Waals surface area contributed by atoms with Gasteiger partial charge in [-0.2, -0.15) is 18.3 Å². The molecule has 0 aliphatic carbocycles. The SMILES string of the molecule is Cc1cc(C=NN=C(N)SCc2ccccc2)c(F)cc1C(F)(F)F. The summed E-state index contributed by atoms with van der Waals surface area (Å²) in [6.07, 6.45) is -3.56. The van der Waals surface area contributed by atoms with E-state index in [-0.39, 0.29) is 16.3 Å². The minimum Gasteiger partial charge on any atom is -0.377 e. The quantitative estimate of drug-likeness (QED) is 0.366. The van der Waals surface area contributed by atoms with E-state index in [0.29, 0.717) is 11.8 Å². The second-order valence-corrected chi connectivity index (χ2v) is 6.14. The maximum Gasteiger partial charge on any atom is 0.416 e. The molecule has 0 amide bonds. The molecule has 132 valence electrons. The minimum atomic E-state index is -4.60. The maximum absolute atomic E-state index is 13.8. The van der Waals surface area contributed by atoms with E-state index in [1.807, 2.05) is 30.3 Å². The van der Waals surface area contributed by atoms with Crippen LogP contribution in [0.5, 0.6) is 0 Å². The predicted molar refractivity (Wildman–Crippen MR) is 93.1 cm³/mol. The molecule has 0 aliphatic rings. The van der Waals surface area contributed by atoms with Crippen LogP contribution < -0.4 is 5.73 Å². The Morgan fingerprint density at radius 1 is 1.20 bits per heavy atom. The first-order valence-electron chi connectivity index (χ1n) is 7.18. The van der Waals surface area contributed by atoms with E-state index >= 15 is 0 Å². The Morgan fingerprint density at radius 3 is 2.52 bits per heavy atom. The van der Waals surface area contributed by atoms with Crippen molar-refractivity contribution >= 4 is 23.1 Å². The summed E-state index contributed by atoms with van der Waals surface area (Å²) < 4.78 is 51.9. The summed E-state index contributed by atoms with van der Waals surface area (Å²) >= 11 is 1.25. The van der Waals surface area contributed by atoms with Crippen LogP contribution in [0.2, 0.25) is 0 Å². The first-order chi connectivity index (χ1) is 11.8. The highest BCUT2D eigenvalue weighted by molar-refractivity contribution is 8.13. The predicted octanol–water partition coefficient (Wildman–Crippen LogP) is 4.73. The third kappa shape index (κ3) is 5.60. The monoisotopic (exact) mass is 369 g/mol. The molecule has 0 aromatic heterocycles. The van der Waals surface area contributed by atoms with Crippen LogP contribution in [0.25, 0.3) is 0 Å². The first kappa shape index (κ1) is 19.0. The fourth-order valence-corrected chi connectivity index (χ4v) is 2.63. The zero-order valence-electron chi connectivity index (χ0n) is 13.2. The van der Waals surface area contributed by atoms with Crippen LogP contribution in [0.15, 0.2) is 52.7 Å². The second-order valence-electron chi connectivity index (χ2n) is 5.14. The van der Waals surface area contributed by atoms with Gasteiger partial charge in [0.25, 0.3) is 0 Å². The van der Waals surface area contributed by atoms with Crippen LogP contribution in [0.1, 0.15) is 22.3 Å². The molecule has 0 heterocycles. The van der Waals surface area contributed by atoms with Gasteiger partial charge in [-0.3, -0.25) is 0 Å². The Hall–Kier alpha value is -2.35. The molecular formula is C17H15F4N3S. The number of nitrogens with two attached hydrogens (primary N) is 1. The summed E-state index contributed by atoms with van der Waals surface area (Å²) in [6.45, 7) is 1.26. The Balaban J connectivity index is 2.05. The van der Waals surface area contributed by atoms with E-state index in [0.717, 1.165) is 17.8 Å². The van der Waals surface area contributed by atoms with Gasteiger partial charge >= 0.3 is 6.18 Å². The topological polar surface area (TPSA) is 50.7 Å². The fraction of sp³-hybridized carbons (Fsp3) is 0.176. The van der Waals surface area contributed by atoms with Crippen molar-refractivity contribution in [2.24, 2.45) is 15.9 Å². The van der Waals surface area contributed by atoms with E-state index in [4.69, 9.17) is 5.73 Å². The summed E-state index contributed by atoms with van der Waals surface area (Å²) in [6, 6.07) is 11.1. The van der Waals surface area contributed by atoms with Crippen molar-refractivity contribution in [2.75, 3.05) is 0 Å². The number of aryl methyl sites for hydroxylation is 1.